The van der Waals surface area contributed by atoms with Gasteiger partial charge < -0.3 is 4.74 Å². The maximum absolute atomic E-state index is 11.8. The van der Waals surface area contributed by atoms with Crippen LogP contribution in [0, 0.1) is 0 Å². The molecule has 1 fully saturated rings. The Labute approximate surface area is 123 Å². The molecular weight excluding hydrogens is 298 g/mol. The monoisotopic (exact) mass is 311 g/mol. The van der Waals surface area contributed by atoms with Gasteiger partial charge in [0.2, 0.25) is 0 Å². The Kier molecular flexibility index (Phi) is 4.31. The fraction of sp³-hybridized carbons (Fsp3) is 0.455. The van der Waals surface area contributed by atoms with Crippen LogP contribution in [0.25, 0.3) is 0 Å². The normalized spacial score (nSPS) is 16.2. The van der Waals surface area contributed by atoms with Gasteiger partial charge in [-0.15, -0.1) is 16.4 Å². The van der Waals surface area contributed by atoms with Crippen LogP contribution in [0.5, 0.6) is 0 Å². The number of anilines is 1. The van der Waals surface area contributed by atoms with E-state index < -0.39 is 0 Å². The van der Waals surface area contributed by atoms with Gasteiger partial charge in [-0.2, -0.15) is 0 Å². The number of hydrogen-bond acceptors (Lipinski definition) is 8. The van der Waals surface area contributed by atoms with E-state index in [2.05, 4.69) is 24.8 Å². The Morgan fingerprint density at radius 2 is 2.30 bits per heavy atom. The Balaban J connectivity index is 1.57. The molecule has 3 heterocycles. The van der Waals surface area contributed by atoms with E-state index in [0.717, 1.165) is 50.1 Å². The number of rotatable bonds is 4. The van der Waals surface area contributed by atoms with E-state index in [0.29, 0.717) is 10.0 Å². The second kappa shape index (κ2) is 6.35. The van der Waals surface area contributed by atoms with Gasteiger partial charge in [0.1, 0.15) is 4.88 Å². The van der Waals surface area contributed by atoms with E-state index in [-0.39, 0.29) is 5.91 Å². The van der Waals surface area contributed by atoms with E-state index in [1.54, 1.807) is 0 Å². The molecule has 106 valence electrons. The highest BCUT2D eigenvalue weighted by molar-refractivity contribution is 7.14. The van der Waals surface area contributed by atoms with Gasteiger partial charge in [-0.05, 0) is 11.5 Å². The summed E-state index contributed by atoms with van der Waals surface area (Å²) in [4.78, 5) is 19.0. The van der Waals surface area contributed by atoms with Crippen molar-refractivity contribution in [2.45, 2.75) is 6.54 Å². The summed E-state index contributed by atoms with van der Waals surface area (Å²) >= 11 is 2.49. The maximum atomic E-state index is 11.8. The molecule has 20 heavy (non-hydrogen) atoms. The van der Waals surface area contributed by atoms with Crippen molar-refractivity contribution in [3.05, 3.63) is 22.1 Å². The molecule has 1 aliphatic rings. The summed E-state index contributed by atoms with van der Waals surface area (Å²) in [5.74, 6) is -0.215. The predicted octanol–water partition coefficient (Wildman–Crippen LogP) is 1.08. The Morgan fingerprint density at radius 1 is 1.45 bits per heavy atom. The first kappa shape index (κ1) is 13.6. The van der Waals surface area contributed by atoms with Crippen LogP contribution in [0.3, 0.4) is 0 Å². The first-order valence-corrected chi connectivity index (χ1v) is 7.80. The second-order valence-corrected chi connectivity index (χ2v) is 5.91. The lowest BCUT2D eigenvalue weighted by Crippen LogP contribution is -2.35. The third-order valence-corrected chi connectivity index (χ3v) is 4.32. The minimum Gasteiger partial charge on any atom is -0.379 e. The van der Waals surface area contributed by atoms with Crippen molar-refractivity contribution in [2.24, 2.45) is 0 Å². The number of carbonyl (C=O) groups is 1. The summed E-state index contributed by atoms with van der Waals surface area (Å²) in [5, 5.41) is 8.97. The molecule has 1 N–H and O–H groups in total. The highest BCUT2D eigenvalue weighted by Crippen LogP contribution is 2.18. The van der Waals surface area contributed by atoms with Gasteiger partial charge in [-0.25, -0.2) is 4.98 Å². The molecule has 0 spiro atoms. The molecule has 1 saturated heterocycles. The molecule has 0 atom stereocenters. The molecule has 0 bridgehead atoms. The topological polar surface area (TPSA) is 80.2 Å². The van der Waals surface area contributed by atoms with Crippen molar-refractivity contribution >= 4 is 33.9 Å². The predicted molar refractivity (Wildman–Crippen MR) is 76.1 cm³/mol. The number of nitrogens with one attached hydrogen (secondary N) is 1. The maximum Gasteiger partial charge on any atom is 0.270 e. The van der Waals surface area contributed by atoms with Crippen LogP contribution in [0.2, 0.25) is 0 Å². The van der Waals surface area contributed by atoms with Crippen LogP contribution in [0.4, 0.5) is 5.13 Å². The van der Waals surface area contributed by atoms with Gasteiger partial charge in [-0.1, -0.05) is 4.49 Å². The molecule has 0 aliphatic carbocycles. The van der Waals surface area contributed by atoms with E-state index in [1.807, 2.05) is 5.38 Å². The van der Waals surface area contributed by atoms with Crippen LogP contribution in [-0.2, 0) is 11.3 Å². The van der Waals surface area contributed by atoms with Crippen molar-refractivity contribution in [1.82, 2.24) is 19.5 Å². The first-order chi connectivity index (χ1) is 9.81. The third-order valence-electron chi connectivity index (χ3n) is 2.85. The summed E-state index contributed by atoms with van der Waals surface area (Å²) < 4.78 is 8.97. The lowest BCUT2D eigenvalue weighted by molar-refractivity contribution is 0.0337. The Morgan fingerprint density at radius 3 is 3.05 bits per heavy atom. The summed E-state index contributed by atoms with van der Waals surface area (Å²) in [5.41, 5.74) is 0.967. The first-order valence-electron chi connectivity index (χ1n) is 6.14. The highest BCUT2D eigenvalue weighted by Gasteiger charge is 2.14. The summed E-state index contributed by atoms with van der Waals surface area (Å²) in [6.45, 7) is 4.17. The van der Waals surface area contributed by atoms with Gasteiger partial charge in [-0.3, -0.25) is 15.0 Å². The van der Waals surface area contributed by atoms with Crippen molar-refractivity contribution in [1.29, 1.82) is 0 Å². The lowest BCUT2D eigenvalue weighted by Gasteiger charge is -2.25. The number of ether oxygens (including phenoxy) is 1. The van der Waals surface area contributed by atoms with Gasteiger partial charge in [0.25, 0.3) is 5.91 Å². The van der Waals surface area contributed by atoms with Gasteiger partial charge in [0.15, 0.2) is 5.13 Å². The zero-order valence-corrected chi connectivity index (χ0v) is 12.2. The molecule has 0 saturated carbocycles. The number of hydrogen-bond donors (Lipinski definition) is 1. The van der Waals surface area contributed by atoms with E-state index in [1.165, 1.54) is 17.5 Å². The van der Waals surface area contributed by atoms with Crippen molar-refractivity contribution in [3.8, 4) is 0 Å². The van der Waals surface area contributed by atoms with E-state index >= 15 is 0 Å². The van der Waals surface area contributed by atoms with Crippen LogP contribution >= 0.6 is 22.9 Å². The quantitative estimate of drug-likeness (QED) is 0.910. The number of morpholine rings is 1. The molecule has 3 rings (SSSR count). The van der Waals surface area contributed by atoms with Gasteiger partial charge in [0, 0.05) is 25.0 Å². The van der Waals surface area contributed by atoms with Crippen LogP contribution in [-0.4, -0.2) is 51.7 Å². The number of carbonyl (C=O) groups excluding carboxylic acids is 1. The molecule has 9 heteroatoms. The third kappa shape index (κ3) is 3.37. The molecule has 0 unspecified atom stereocenters. The minimum absolute atomic E-state index is 0.215. The standard InChI is InChI=1S/C11H13N5O2S2/c17-10(9-5-12-15-20-9)14-11-13-8(7-19-11)6-16-1-3-18-4-2-16/h5,7H,1-4,6H2,(H,13,14,17). The van der Waals surface area contributed by atoms with Crippen molar-refractivity contribution < 1.29 is 9.53 Å². The lowest BCUT2D eigenvalue weighted by atomic mass is 10.4. The average Bonchev–Trinajstić information content (AvgIpc) is 3.11. The molecule has 1 amide bonds. The van der Waals surface area contributed by atoms with Crippen molar-refractivity contribution in [2.75, 3.05) is 31.6 Å². The fourth-order valence-corrected chi connectivity index (χ4v) is 2.96. The molecule has 0 aromatic carbocycles. The Bertz CT molecular complexity index is 565. The summed E-state index contributed by atoms with van der Waals surface area (Å²) in [6.07, 6.45) is 1.45. The number of thiazole rings is 1. The number of amides is 1. The second-order valence-electron chi connectivity index (χ2n) is 4.27. The van der Waals surface area contributed by atoms with E-state index in [4.69, 9.17) is 4.74 Å². The largest absolute Gasteiger partial charge is 0.379 e. The molecule has 2 aromatic heterocycles. The summed E-state index contributed by atoms with van der Waals surface area (Å²) in [6, 6.07) is 0. The molecular formula is C11H13N5O2S2. The smallest absolute Gasteiger partial charge is 0.270 e. The number of nitrogens with zero attached hydrogens (tertiary/aromatic N) is 4. The summed E-state index contributed by atoms with van der Waals surface area (Å²) in [7, 11) is 0. The molecule has 1 aliphatic heterocycles. The minimum atomic E-state index is -0.215. The zero-order chi connectivity index (χ0) is 13.8. The van der Waals surface area contributed by atoms with Gasteiger partial charge in [0.05, 0.1) is 25.1 Å². The zero-order valence-electron chi connectivity index (χ0n) is 10.6. The SMILES string of the molecule is O=C(Nc1nc(CN2CCOCC2)cs1)c1cnns1. The van der Waals surface area contributed by atoms with E-state index in [9.17, 15) is 4.79 Å². The van der Waals surface area contributed by atoms with Gasteiger partial charge >= 0.3 is 0 Å². The van der Waals surface area contributed by atoms with Crippen molar-refractivity contribution in [3.63, 3.8) is 0 Å². The van der Waals surface area contributed by atoms with Crippen LogP contribution in [0.1, 0.15) is 15.4 Å². The van der Waals surface area contributed by atoms with Crippen LogP contribution in [0.15, 0.2) is 11.6 Å². The number of aromatic nitrogens is 3. The van der Waals surface area contributed by atoms with Crippen LogP contribution < -0.4 is 5.32 Å². The molecule has 0 radical (unpaired) electrons. The Hall–Kier alpha value is -1.42. The molecule has 7 nitrogen and oxygen atoms in total. The fourth-order valence-electron chi connectivity index (χ4n) is 1.85. The molecule has 2 aromatic rings. The highest BCUT2D eigenvalue weighted by atomic mass is 32.1. The average molecular weight is 311 g/mol.